The highest BCUT2D eigenvalue weighted by molar-refractivity contribution is 5.78. The summed E-state index contributed by atoms with van der Waals surface area (Å²) in [5.74, 6) is 1.70. The van der Waals surface area contributed by atoms with E-state index >= 15 is 0 Å². The number of nitrogens with zero attached hydrogens (tertiary/aromatic N) is 3. The second kappa shape index (κ2) is 4.89. The number of hydrogen-bond acceptors (Lipinski definition) is 5. The minimum Gasteiger partial charge on any atom is -0.478 e. The summed E-state index contributed by atoms with van der Waals surface area (Å²) in [5, 5.41) is 3.11. The zero-order chi connectivity index (χ0) is 13.1. The van der Waals surface area contributed by atoms with Crippen molar-refractivity contribution in [3.8, 4) is 5.88 Å². The van der Waals surface area contributed by atoms with Crippen molar-refractivity contribution in [2.75, 3.05) is 12.4 Å². The lowest BCUT2D eigenvalue weighted by atomic mass is 10.3. The molecule has 0 spiro atoms. The monoisotopic (exact) mass is 252 g/mol. The highest BCUT2D eigenvalue weighted by atomic mass is 16.5. The molecule has 0 atom stereocenters. The molecule has 0 bridgehead atoms. The number of pyridine rings is 1. The fourth-order valence-electron chi connectivity index (χ4n) is 1.77. The molecule has 1 aromatic carbocycles. The molecule has 0 aliphatic rings. The number of anilines is 2. The van der Waals surface area contributed by atoms with Gasteiger partial charge < -0.3 is 10.1 Å². The quantitative estimate of drug-likeness (QED) is 0.776. The highest BCUT2D eigenvalue weighted by Gasteiger charge is 2.09. The van der Waals surface area contributed by atoms with E-state index in [1.807, 2.05) is 42.5 Å². The van der Waals surface area contributed by atoms with Gasteiger partial charge in [0.25, 0.3) is 5.88 Å². The van der Waals surface area contributed by atoms with Crippen LogP contribution in [-0.4, -0.2) is 22.1 Å². The molecular formula is C14H12N4O. The molecule has 5 heteroatoms. The lowest BCUT2D eigenvalue weighted by molar-refractivity contribution is 0.400. The van der Waals surface area contributed by atoms with Crippen molar-refractivity contribution in [1.29, 1.82) is 0 Å². The molecule has 19 heavy (non-hydrogen) atoms. The van der Waals surface area contributed by atoms with Crippen molar-refractivity contribution in [2.24, 2.45) is 0 Å². The predicted molar refractivity (Wildman–Crippen MR) is 73.6 cm³/mol. The van der Waals surface area contributed by atoms with E-state index in [-0.39, 0.29) is 0 Å². The Morgan fingerprint density at radius 3 is 2.37 bits per heavy atom. The molecule has 0 saturated heterocycles. The number of rotatable bonds is 3. The van der Waals surface area contributed by atoms with Crippen molar-refractivity contribution in [1.82, 2.24) is 15.0 Å². The molecular weight excluding hydrogens is 240 g/mol. The molecule has 0 aliphatic heterocycles. The first kappa shape index (κ1) is 11.4. The Balaban J connectivity index is 2.06. The first-order chi connectivity index (χ1) is 9.36. The maximum atomic E-state index is 5.26. The number of fused-ring (bicyclic) bond motifs is 1. The van der Waals surface area contributed by atoms with Gasteiger partial charge >= 0.3 is 0 Å². The van der Waals surface area contributed by atoms with Gasteiger partial charge in [-0.3, -0.25) is 0 Å². The Morgan fingerprint density at radius 1 is 0.947 bits per heavy atom. The summed E-state index contributed by atoms with van der Waals surface area (Å²) >= 11 is 0. The molecule has 94 valence electrons. The smallest absolute Gasteiger partial charge is 0.258 e. The van der Waals surface area contributed by atoms with Gasteiger partial charge in [0.1, 0.15) is 5.82 Å². The van der Waals surface area contributed by atoms with Gasteiger partial charge in [-0.25, -0.2) is 15.0 Å². The molecule has 0 unspecified atom stereocenters. The van der Waals surface area contributed by atoms with E-state index in [1.54, 1.807) is 13.3 Å². The van der Waals surface area contributed by atoms with Crippen molar-refractivity contribution < 1.29 is 4.74 Å². The largest absolute Gasteiger partial charge is 0.478 e. The van der Waals surface area contributed by atoms with Crippen molar-refractivity contribution in [3.63, 3.8) is 0 Å². The average Bonchev–Trinajstić information content (AvgIpc) is 2.47. The van der Waals surface area contributed by atoms with E-state index in [2.05, 4.69) is 20.3 Å². The van der Waals surface area contributed by atoms with Gasteiger partial charge in [0.05, 0.1) is 18.1 Å². The Bertz CT molecular complexity index is 700. The van der Waals surface area contributed by atoms with Crippen LogP contribution in [0.3, 0.4) is 0 Å². The maximum absolute atomic E-state index is 5.26. The fourth-order valence-corrected chi connectivity index (χ4v) is 1.77. The fraction of sp³-hybridized carbons (Fsp3) is 0.0714. The van der Waals surface area contributed by atoms with Crippen molar-refractivity contribution in [2.45, 2.75) is 0 Å². The van der Waals surface area contributed by atoms with E-state index in [0.717, 1.165) is 11.0 Å². The molecule has 0 fully saturated rings. The van der Waals surface area contributed by atoms with Crippen LogP contribution in [0.4, 0.5) is 11.6 Å². The van der Waals surface area contributed by atoms with E-state index in [9.17, 15) is 0 Å². The first-order valence-electron chi connectivity index (χ1n) is 5.85. The topological polar surface area (TPSA) is 59.9 Å². The molecule has 2 aromatic heterocycles. The number of aromatic nitrogens is 3. The van der Waals surface area contributed by atoms with Crippen LogP contribution < -0.4 is 10.1 Å². The van der Waals surface area contributed by atoms with Gasteiger partial charge in [-0.15, -0.1) is 0 Å². The Morgan fingerprint density at radius 2 is 1.68 bits per heavy atom. The van der Waals surface area contributed by atoms with Crippen LogP contribution in [-0.2, 0) is 0 Å². The Hall–Kier alpha value is -2.69. The molecule has 0 radical (unpaired) electrons. The number of para-hydroxylation sites is 2. The second-order valence-electron chi connectivity index (χ2n) is 3.91. The molecule has 2 heterocycles. The summed E-state index contributed by atoms with van der Waals surface area (Å²) in [6.45, 7) is 0. The molecule has 0 saturated carbocycles. The van der Waals surface area contributed by atoms with Crippen LogP contribution in [0.15, 0.2) is 48.7 Å². The summed E-state index contributed by atoms with van der Waals surface area (Å²) in [5.41, 5.74) is 1.60. The SMILES string of the molecule is COc1nc2ccccc2nc1Nc1ccccn1. The van der Waals surface area contributed by atoms with Gasteiger partial charge in [-0.2, -0.15) is 0 Å². The van der Waals surface area contributed by atoms with Gasteiger partial charge in [0.2, 0.25) is 0 Å². The summed E-state index contributed by atoms with van der Waals surface area (Å²) in [6, 6.07) is 13.3. The molecule has 3 aromatic rings. The van der Waals surface area contributed by atoms with Crippen LogP contribution in [0.1, 0.15) is 0 Å². The Labute approximate surface area is 110 Å². The van der Waals surface area contributed by atoms with E-state index in [0.29, 0.717) is 17.5 Å². The third-order valence-electron chi connectivity index (χ3n) is 2.64. The molecule has 0 aliphatic carbocycles. The van der Waals surface area contributed by atoms with Crippen LogP contribution in [0.25, 0.3) is 11.0 Å². The van der Waals surface area contributed by atoms with Gasteiger partial charge in [0, 0.05) is 6.20 Å². The van der Waals surface area contributed by atoms with Crippen LogP contribution in [0.5, 0.6) is 5.88 Å². The number of ether oxygens (including phenoxy) is 1. The predicted octanol–water partition coefficient (Wildman–Crippen LogP) is 2.78. The molecule has 5 nitrogen and oxygen atoms in total. The number of methoxy groups -OCH3 is 1. The summed E-state index contributed by atoms with van der Waals surface area (Å²) in [6.07, 6.45) is 1.71. The van der Waals surface area contributed by atoms with Crippen LogP contribution in [0.2, 0.25) is 0 Å². The third kappa shape index (κ3) is 2.30. The van der Waals surface area contributed by atoms with E-state index in [1.165, 1.54) is 0 Å². The summed E-state index contributed by atoms with van der Waals surface area (Å²) < 4.78 is 5.26. The standard InChI is InChI=1S/C14H12N4O/c1-19-14-13(18-12-8-4-5-9-15-12)16-10-6-2-3-7-11(10)17-14/h2-9H,1H3,(H,15,16,18). The average molecular weight is 252 g/mol. The van der Waals surface area contributed by atoms with Gasteiger partial charge in [0.15, 0.2) is 5.82 Å². The molecule has 0 amide bonds. The van der Waals surface area contributed by atoms with Crippen molar-refractivity contribution in [3.05, 3.63) is 48.7 Å². The first-order valence-corrected chi connectivity index (χ1v) is 5.85. The van der Waals surface area contributed by atoms with E-state index < -0.39 is 0 Å². The third-order valence-corrected chi connectivity index (χ3v) is 2.64. The van der Waals surface area contributed by atoms with Crippen molar-refractivity contribution >= 4 is 22.7 Å². The zero-order valence-electron chi connectivity index (χ0n) is 10.4. The second-order valence-corrected chi connectivity index (χ2v) is 3.91. The van der Waals surface area contributed by atoms with Crippen LogP contribution in [0, 0.1) is 0 Å². The molecule has 3 rings (SSSR count). The highest BCUT2D eigenvalue weighted by Crippen LogP contribution is 2.25. The van der Waals surface area contributed by atoms with Gasteiger partial charge in [-0.05, 0) is 24.3 Å². The number of benzene rings is 1. The molecule has 1 N–H and O–H groups in total. The normalized spacial score (nSPS) is 10.4. The number of hydrogen-bond donors (Lipinski definition) is 1. The lowest BCUT2D eigenvalue weighted by Gasteiger charge is -2.09. The minimum atomic E-state index is 0.448. The zero-order valence-corrected chi connectivity index (χ0v) is 10.4. The van der Waals surface area contributed by atoms with Gasteiger partial charge in [-0.1, -0.05) is 18.2 Å². The number of nitrogens with one attached hydrogen (secondary N) is 1. The van der Waals surface area contributed by atoms with E-state index in [4.69, 9.17) is 4.74 Å². The maximum Gasteiger partial charge on any atom is 0.258 e. The minimum absolute atomic E-state index is 0.448. The lowest BCUT2D eigenvalue weighted by Crippen LogP contribution is -2.01. The summed E-state index contributed by atoms with van der Waals surface area (Å²) in [4.78, 5) is 13.1. The Kier molecular flexibility index (Phi) is 2.94. The summed E-state index contributed by atoms with van der Waals surface area (Å²) in [7, 11) is 1.57. The van der Waals surface area contributed by atoms with Crippen LogP contribution >= 0.6 is 0 Å².